The molecule has 36 heavy (non-hydrogen) atoms. The zero-order valence-corrected chi connectivity index (χ0v) is 21.9. The van der Waals surface area contributed by atoms with Crippen LogP contribution in [0.1, 0.15) is 54.1 Å². The van der Waals surface area contributed by atoms with E-state index in [9.17, 15) is 9.59 Å². The van der Waals surface area contributed by atoms with Crippen LogP contribution in [0.15, 0.2) is 46.9 Å². The first-order chi connectivity index (χ1) is 17.6. The number of ether oxygens (including phenoxy) is 1. The van der Waals surface area contributed by atoms with E-state index in [-0.39, 0.29) is 30.3 Å². The van der Waals surface area contributed by atoms with Gasteiger partial charge in [0.1, 0.15) is 6.54 Å². The average Bonchev–Trinajstić information content (AvgIpc) is 3.69. The molecule has 0 N–H and O–H groups in total. The molecule has 1 saturated carbocycles. The summed E-state index contributed by atoms with van der Waals surface area (Å²) >= 11 is 1.64. The van der Waals surface area contributed by atoms with Gasteiger partial charge in [-0.1, -0.05) is 48.7 Å². The van der Waals surface area contributed by atoms with Gasteiger partial charge in [-0.2, -0.15) is 5.10 Å². The Morgan fingerprint density at radius 3 is 2.56 bits per heavy atom. The van der Waals surface area contributed by atoms with Gasteiger partial charge in [0.15, 0.2) is 0 Å². The summed E-state index contributed by atoms with van der Waals surface area (Å²) in [6.07, 6.45) is 4.73. The second-order valence-corrected chi connectivity index (χ2v) is 11.0. The lowest BCUT2D eigenvalue weighted by molar-refractivity contribution is -0.144. The number of hydrogen-bond donors (Lipinski definition) is 0. The van der Waals surface area contributed by atoms with Gasteiger partial charge in [0.05, 0.1) is 29.8 Å². The second kappa shape index (κ2) is 11.7. The van der Waals surface area contributed by atoms with E-state index < -0.39 is 0 Å². The van der Waals surface area contributed by atoms with Crippen LogP contribution in [0.2, 0.25) is 0 Å². The molecule has 1 atom stereocenters. The molecule has 3 aliphatic rings. The minimum atomic E-state index is -0.155. The second-order valence-electron chi connectivity index (χ2n) is 10.1. The van der Waals surface area contributed by atoms with Gasteiger partial charge >= 0.3 is 0 Å². The van der Waals surface area contributed by atoms with Crippen LogP contribution in [-0.4, -0.2) is 78.3 Å². The summed E-state index contributed by atoms with van der Waals surface area (Å²) in [4.78, 5) is 32.5. The Morgan fingerprint density at radius 2 is 1.86 bits per heavy atom. The number of thiophene rings is 1. The topological polar surface area (TPSA) is 65.5 Å². The largest absolute Gasteiger partial charge is 0.379 e. The quantitative estimate of drug-likeness (QED) is 0.539. The van der Waals surface area contributed by atoms with Crippen LogP contribution in [0.4, 0.5) is 0 Å². The molecular formula is C28H36N4O3S. The summed E-state index contributed by atoms with van der Waals surface area (Å²) in [6.45, 7) is 6.65. The molecule has 1 aromatic heterocycles. The highest BCUT2D eigenvalue weighted by Gasteiger charge is 2.36. The van der Waals surface area contributed by atoms with Crippen molar-refractivity contribution in [2.24, 2.45) is 11.0 Å². The molecule has 0 radical (unpaired) electrons. The Morgan fingerprint density at radius 1 is 1.11 bits per heavy atom. The number of morpholine rings is 1. The van der Waals surface area contributed by atoms with E-state index in [0.29, 0.717) is 13.0 Å². The van der Waals surface area contributed by atoms with E-state index in [4.69, 9.17) is 9.84 Å². The first-order valence-electron chi connectivity index (χ1n) is 13.2. The smallest absolute Gasteiger partial charge is 0.262 e. The van der Waals surface area contributed by atoms with Crippen molar-refractivity contribution in [1.29, 1.82) is 0 Å². The Bertz CT molecular complexity index is 1060. The van der Waals surface area contributed by atoms with Gasteiger partial charge in [0.2, 0.25) is 5.91 Å². The van der Waals surface area contributed by atoms with Crippen molar-refractivity contribution in [1.82, 2.24) is 14.8 Å². The molecule has 3 heterocycles. The van der Waals surface area contributed by atoms with Crippen LogP contribution < -0.4 is 0 Å². The van der Waals surface area contributed by atoms with Crippen LogP contribution in [0.25, 0.3) is 0 Å². The summed E-state index contributed by atoms with van der Waals surface area (Å²) in [5.41, 5.74) is 3.20. The number of benzene rings is 1. The predicted molar refractivity (Wildman–Crippen MR) is 142 cm³/mol. The number of carbonyl (C=O) groups is 2. The summed E-state index contributed by atoms with van der Waals surface area (Å²) in [5, 5.41) is 8.50. The number of aryl methyl sites for hydroxylation is 1. The van der Waals surface area contributed by atoms with Crippen molar-refractivity contribution in [3.63, 3.8) is 0 Å². The van der Waals surface area contributed by atoms with Gasteiger partial charge < -0.3 is 9.64 Å². The van der Waals surface area contributed by atoms with Gasteiger partial charge in [0, 0.05) is 38.5 Å². The highest BCUT2D eigenvalue weighted by molar-refractivity contribution is 7.12. The van der Waals surface area contributed by atoms with E-state index in [1.807, 2.05) is 11.4 Å². The number of hydrogen-bond acceptors (Lipinski definition) is 6. The van der Waals surface area contributed by atoms with Crippen LogP contribution in [0.3, 0.4) is 0 Å². The van der Waals surface area contributed by atoms with Crippen LogP contribution in [0, 0.1) is 12.8 Å². The van der Waals surface area contributed by atoms with Crippen molar-refractivity contribution in [3.8, 4) is 0 Å². The molecule has 0 bridgehead atoms. The molecule has 1 aliphatic carbocycles. The molecule has 5 rings (SSSR count). The maximum Gasteiger partial charge on any atom is 0.262 e. The molecule has 0 unspecified atom stereocenters. The van der Waals surface area contributed by atoms with Crippen molar-refractivity contribution in [2.45, 2.75) is 45.1 Å². The van der Waals surface area contributed by atoms with Crippen molar-refractivity contribution in [3.05, 3.63) is 57.8 Å². The maximum atomic E-state index is 13.8. The Hall–Kier alpha value is -2.55. The molecular weight excluding hydrogens is 472 g/mol. The summed E-state index contributed by atoms with van der Waals surface area (Å²) < 4.78 is 5.47. The molecule has 2 amide bonds. The number of rotatable bonds is 8. The zero-order valence-electron chi connectivity index (χ0n) is 21.1. The Kier molecular flexibility index (Phi) is 8.14. The fraction of sp³-hybridized carbons (Fsp3) is 0.536. The first-order valence-corrected chi connectivity index (χ1v) is 14.1. The third-order valence-corrected chi connectivity index (χ3v) is 8.48. The van der Waals surface area contributed by atoms with E-state index in [0.717, 1.165) is 74.7 Å². The molecule has 0 spiro atoms. The van der Waals surface area contributed by atoms with Gasteiger partial charge in [-0.25, -0.2) is 5.01 Å². The van der Waals surface area contributed by atoms with E-state index in [1.54, 1.807) is 21.2 Å². The fourth-order valence-corrected chi connectivity index (χ4v) is 6.12. The summed E-state index contributed by atoms with van der Waals surface area (Å²) in [5.74, 6) is 0.0576. The number of carbonyl (C=O) groups excluding carboxylic acids is 2. The minimum absolute atomic E-state index is 0.0409. The summed E-state index contributed by atoms with van der Waals surface area (Å²) in [6, 6.07) is 12.3. The first kappa shape index (κ1) is 25.1. The van der Waals surface area contributed by atoms with Crippen molar-refractivity contribution >= 4 is 28.9 Å². The van der Waals surface area contributed by atoms with E-state index >= 15 is 0 Å². The fourth-order valence-electron chi connectivity index (χ4n) is 5.40. The third kappa shape index (κ3) is 5.88. The lowest BCUT2D eigenvalue weighted by Crippen LogP contribution is -2.47. The Balaban J connectivity index is 1.35. The molecule has 2 aromatic rings. The van der Waals surface area contributed by atoms with Crippen LogP contribution >= 0.6 is 11.3 Å². The zero-order chi connectivity index (χ0) is 24.9. The Labute approximate surface area is 217 Å². The highest BCUT2D eigenvalue weighted by atomic mass is 32.1. The molecule has 192 valence electrons. The molecule has 2 fully saturated rings. The van der Waals surface area contributed by atoms with Gasteiger partial charge in [-0.05, 0) is 36.8 Å². The van der Waals surface area contributed by atoms with Crippen LogP contribution in [0.5, 0.6) is 0 Å². The SMILES string of the molecule is Cc1ccc([C@H]2CC(c3cccs3)=NN2C(=O)CN(CCN2CCOCC2)C(=O)C2CCCC2)cc1. The maximum absolute atomic E-state index is 13.8. The standard InChI is InChI=1S/C28H36N4O3S/c1-21-8-10-22(11-9-21)25-19-24(26-7-4-18-36-26)29-32(25)27(33)20-31(28(34)23-5-2-3-6-23)13-12-30-14-16-35-17-15-30/h4,7-11,18,23,25H,2-3,5-6,12-17,19-20H2,1H3/t25-/m1/s1. The third-order valence-electron chi connectivity index (χ3n) is 7.57. The van der Waals surface area contributed by atoms with Crippen LogP contribution in [-0.2, 0) is 14.3 Å². The summed E-state index contributed by atoms with van der Waals surface area (Å²) in [7, 11) is 0. The van der Waals surface area contributed by atoms with Gasteiger partial charge in [-0.3, -0.25) is 14.5 Å². The molecule has 1 aromatic carbocycles. The number of amides is 2. The lowest BCUT2D eigenvalue weighted by Gasteiger charge is -2.32. The van der Waals surface area contributed by atoms with Crippen molar-refractivity contribution < 1.29 is 14.3 Å². The molecule has 8 heteroatoms. The van der Waals surface area contributed by atoms with Gasteiger partial charge in [0.25, 0.3) is 5.91 Å². The van der Waals surface area contributed by atoms with Crippen molar-refractivity contribution in [2.75, 3.05) is 45.9 Å². The molecule has 7 nitrogen and oxygen atoms in total. The average molecular weight is 509 g/mol. The molecule has 1 saturated heterocycles. The van der Waals surface area contributed by atoms with E-state index in [1.165, 1.54) is 5.56 Å². The monoisotopic (exact) mass is 508 g/mol. The number of nitrogens with zero attached hydrogens (tertiary/aromatic N) is 4. The lowest BCUT2D eigenvalue weighted by atomic mass is 10.00. The highest BCUT2D eigenvalue weighted by Crippen LogP contribution is 2.34. The minimum Gasteiger partial charge on any atom is -0.379 e. The molecule has 2 aliphatic heterocycles. The van der Waals surface area contributed by atoms with E-state index in [2.05, 4.69) is 42.2 Å². The predicted octanol–water partition coefficient (Wildman–Crippen LogP) is 4.09. The van der Waals surface area contributed by atoms with Gasteiger partial charge in [-0.15, -0.1) is 11.3 Å². The number of hydrazone groups is 1. The normalized spacial score (nSPS) is 21.1.